The third-order valence-corrected chi connectivity index (χ3v) is 7.67. The average molecular weight is 358 g/mol. The molecule has 3 aliphatic rings. The van der Waals surface area contributed by atoms with Gasteiger partial charge in [0.05, 0.1) is 6.10 Å². The maximum atomic E-state index is 6.36. The topological polar surface area (TPSA) is 9.23 Å². The van der Waals surface area contributed by atoms with Crippen molar-refractivity contribution >= 4 is 34.4 Å². The van der Waals surface area contributed by atoms with Gasteiger partial charge in [0.1, 0.15) is 5.44 Å². The van der Waals surface area contributed by atoms with Crippen molar-refractivity contribution in [1.29, 1.82) is 0 Å². The van der Waals surface area contributed by atoms with Crippen molar-refractivity contribution in [2.75, 3.05) is 0 Å². The summed E-state index contributed by atoms with van der Waals surface area (Å²) in [6, 6.07) is 10.7. The SMILES string of the molecule is I[C@H]1[C@H]2C[C@@H]3[C@@H]1O[C@@H](c1ccccc1)S[C@H]3C2. The minimum Gasteiger partial charge on any atom is -0.358 e. The molecule has 17 heavy (non-hydrogen) atoms. The highest BCUT2D eigenvalue weighted by molar-refractivity contribution is 14.1. The van der Waals surface area contributed by atoms with E-state index >= 15 is 0 Å². The second-order valence-corrected chi connectivity index (χ2v) is 8.10. The largest absolute Gasteiger partial charge is 0.358 e. The van der Waals surface area contributed by atoms with Gasteiger partial charge in [-0.1, -0.05) is 52.9 Å². The van der Waals surface area contributed by atoms with Crippen molar-refractivity contribution in [3.63, 3.8) is 0 Å². The molecule has 6 atom stereocenters. The van der Waals surface area contributed by atoms with E-state index in [1.165, 1.54) is 18.4 Å². The fourth-order valence-electron chi connectivity index (χ4n) is 3.61. The van der Waals surface area contributed by atoms with Crippen LogP contribution in [0.2, 0.25) is 0 Å². The van der Waals surface area contributed by atoms with Crippen LogP contribution in [0.15, 0.2) is 30.3 Å². The van der Waals surface area contributed by atoms with Crippen molar-refractivity contribution < 1.29 is 4.74 Å². The molecule has 1 aromatic carbocycles. The maximum Gasteiger partial charge on any atom is 0.129 e. The first-order valence-electron chi connectivity index (χ1n) is 6.33. The molecule has 0 amide bonds. The number of halogens is 1. The predicted molar refractivity (Wildman–Crippen MR) is 79.5 cm³/mol. The van der Waals surface area contributed by atoms with Crippen LogP contribution in [-0.2, 0) is 4.74 Å². The molecule has 1 aromatic rings. The third kappa shape index (κ3) is 1.69. The molecule has 0 spiro atoms. The van der Waals surface area contributed by atoms with Gasteiger partial charge in [-0.25, -0.2) is 0 Å². The Morgan fingerprint density at radius 1 is 1.18 bits per heavy atom. The van der Waals surface area contributed by atoms with E-state index in [0.29, 0.717) is 6.10 Å². The van der Waals surface area contributed by atoms with Gasteiger partial charge in [0, 0.05) is 9.17 Å². The first-order chi connectivity index (χ1) is 8.33. The Bertz CT molecular complexity index is 423. The smallest absolute Gasteiger partial charge is 0.129 e. The van der Waals surface area contributed by atoms with Crippen LogP contribution in [0.5, 0.6) is 0 Å². The summed E-state index contributed by atoms with van der Waals surface area (Å²) in [5, 5.41) is 0.856. The van der Waals surface area contributed by atoms with Gasteiger partial charge in [0.2, 0.25) is 0 Å². The minimum atomic E-state index is 0.277. The summed E-state index contributed by atoms with van der Waals surface area (Å²) in [5.41, 5.74) is 1.62. The van der Waals surface area contributed by atoms with E-state index in [4.69, 9.17) is 4.74 Å². The van der Waals surface area contributed by atoms with Gasteiger partial charge in [-0.05, 0) is 30.2 Å². The van der Waals surface area contributed by atoms with Gasteiger partial charge in [-0.15, -0.1) is 11.8 Å². The lowest BCUT2D eigenvalue weighted by Crippen LogP contribution is -2.41. The molecule has 2 aliphatic carbocycles. The molecular formula is C14H15IOS. The van der Waals surface area contributed by atoms with E-state index in [9.17, 15) is 0 Å². The van der Waals surface area contributed by atoms with E-state index in [-0.39, 0.29) is 5.44 Å². The molecule has 0 aromatic heterocycles. The molecule has 3 fully saturated rings. The lowest BCUT2D eigenvalue weighted by molar-refractivity contribution is -0.00378. The molecule has 0 radical (unpaired) electrons. The van der Waals surface area contributed by atoms with Crippen molar-refractivity contribution in [1.82, 2.24) is 0 Å². The normalized spacial score (nSPS) is 47.4. The number of ether oxygens (including phenoxy) is 1. The number of rotatable bonds is 1. The Kier molecular flexibility index (Phi) is 2.70. The molecule has 2 saturated carbocycles. The van der Waals surface area contributed by atoms with Gasteiger partial charge in [-0.2, -0.15) is 0 Å². The van der Waals surface area contributed by atoms with Crippen molar-refractivity contribution in [3.05, 3.63) is 35.9 Å². The summed E-state index contributed by atoms with van der Waals surface area (Å²) < 4.78 is 7.12. The fraction of sp³-hybridized carbons (Fsp3) is 0.571. The Morgan fingerprint density at radius 2 is 2.00 bits per heavy atom. The third-order valence-electron chi connectivity index (χ3n) is 4.42. The zero-order chi connectivity index (χ0) is 11.4. The number of hydrogen-bond donors (Lipinski definition) is 0. The number of thioether (sulfide) groups is 1. The van der Waals surface area contributed by atoms with E-state index in [1.807, 2.05) is 0 Å². The highest BCUT2D eigenvalue weighted by atomic mass is 127. The molecule has 90 valence electrons. The molecule has 0 N–H and O–H groups in total. The van der Waals surface area contributed by atoms with Crippen LogP contribution in [0.1, 0.15) is 23.8 Å². The van der Waals surface area contributed by atoms with Gasteiger partial charge < -0.3 is 4.74 Å². The molecule has 1 saturated heterocycles. The van der Waals surface area contributed by atoms with Crippen molar-refractivity contribution in [2.24, 2.45) is 11.8 Å². The van der Waals surface area contributed by atoms with Crippen LogP contribution < -0.4 is 0 Å². The van der Waals surface area contributed by atoms with E-state index in [2.05, 4.69) is 64.7 Å². The molecular weight excluding hydrogens is 343 g/mol. The molecule has 4 rings (SSSR count). The summed E-state index contributed by atoms with van der Waals surface area (Å²) in [4.78, 5) is 0. The molecule has 1 heterocycles. The van der Waals surface area contributed by atoms with Crippen LogP contribution in [-0.4, -0.2) is 15.3 Å². The van der Waals surface area contributed by atoms with E-state index in [0.717, 1.165) is 21.0 Å². The van der Waals surface area contributed by atoms with Gasteiger partial charge >= 0.3 is 0 Å². The highest BCUT2D eigenvalue weighted by Gasteiger charge is 2.56. The summed E-state index contributed by atoms with van der Waals surface area (Å²) >= 11 is 4.69. The maximum absolute atomic E-state index is 6.36. The zero-order valence-corrected chi connectivity index (χ0v) is 12.4. The monoisotopic (exact) mass is 358 g/mol. The Hall–Kier alpha value is 0.260. The quantitative estimate of drug-likeness (QED) is 0.554. The number of fused-ring (bicyclic) bond motifs is 1. The number of alkyl halides is 1. The van der Waals surface area contributed by atoms with Crippen LogP contribution in [0, 0.1) is 11.8 Å². The lowest BCUT2D eigenvalue weighted by Gasteiger charge is -2.41. The molecule has 0 unspecified atom stereocenters. The summed E-state index contributed by atoms with van der Waals surface area (Å²) in [7, 11) is 0. The molecule has 1 aliphatic heterocycles. The van der Waals surface area contributed by atoms with E-state index < -0.39 is 0 Å². The van der Waals surface area contributed by atoms with Gasteiger partial charge in [0.25, 0.3) is 0 Å². The fourth-order valence-corrected chi connectivity index (χ4v) is 6.55. The standard InChI is InChI=1S/C14H15IOS/c15-12-9-6-10-11(7-9)17-14(16-13(10)12)8-4-2-1-3-5-8/h1-5,9-14H,6-7H2/t9-,10-,11-,12-,13-,14+/m0/s1. The van der Waals surface area contributed by atoms with E-state index in [1.54, 1.807) is 0 Å². The highest BCUT2D eigenvalue weighted by Crippen LogP contribution is 2.60. The second-order valence-electron chi connectivity index (χ2n) is 5.36. The average Bonchev–Trinajstić information content (AvgIpc) is 2.92. The van der Waals surface area contributed by atoms with Gasteiger partial charge in [0.15, 0.2) is 0 Å². The van der Waals surface area contributed by atoms with Crippen LogP contribution in [0.4, 0.5) is 0 Å². The molecule has 1 nitrogen and oxygen atoms in total. The Morgan fingerprint density at radius 3 is 2.76 bits per heavy atom. The minimum absolute atomic E-state index is 0.277. The number of hydrogen-bond acceptors (Lipinski definition) is 2. The van der Waals surface area contributed by atoms with Crippen LogP contribution >= 0.6 is 34.4 Å². The zero-order valence-electron chi connectivity index (χ0n) is 9.46. The van der Waals surface area contributed by atoms with Crippen LogP contribution in [0.3, 0.4) is 0 Å². The first kappa shape index (κ1) is 11.1. The summed E-state index contributed by atoms with van der Waals surface area (Å²) in [5.74, 6) is 1.77. The van der Waals surface area contributed by atoms with Crippen molar-refractivity contribution in [2.45, 2.75) is 33.6 Å². The Labute approximate surface area is 120 Å². The first-order valence-corrected chi connectivity index (χ1v) is 8.52. The lowest BCUT2D eigenvalue weighted by atomic mass is 9.96. The number of benzene rings is 1. The van der Waals surface area contributed by atoms with Crippen LogP contribution in [0.25, 0.3) is 0 Å². The Balaban J connectivity index is 1.62. The summed E-state index contributed by atoms with van der Waals surface area (Å²) in [6.07, 6.45) is 3.36. The van der Waals surface area contributed by atoms with Crippen molar-refractivity contribution in [3.8, 4) is 0 Å². The molecule has 2 bridgehead atoms. The summed E-state index contributed by atoms with van der Waals surface area (Å²) in [6.45, 7) is 0. The van der Waals surface area contributed by atoms with Gasteiger partial charge in [-0.3, -0.25) is 0 Å². The predicted octanol–water partition coefficient (Wildman–Crippen LogP) is 4.03. The second kappa shape index (κ2) is 4.14. The molecule has 3 heteroatoms.